The minimum atomic E-state index is -1.88. The SMILES string of the molecule is C[C@H](/C=C/CC(=O)N1Cc2ccccc2C[C@H]1CO)[C@@]1(O)C(=O)N(Cc2ccc(N3CCCCCCC3=O)cc2)c2ccc(Cl)cc21. The van der Waals surface area contributed by atoms with Crippen molar-refractivity contribution in [3.63, 3.8) is 0 Å². The number of hydrogen-bond donors (Lipinski definition) is 2. The average molecular weight is 656 g/mol. The second kappa shape index (κ2) is 14.0. The molecule has 246 valence electrons. The van der Waals surface area contributed by atoms with Crippen LogP contribution in [0.15, 0.2) is 78.9 Å². The number of fused-ring (bicyclic) bond motifs is 2. The Morgan fingerprint density at radius 3 is 2.53 bits per heavy atom. The highest BCUT2D eigenvalue weighted by Gasteiger charge is 2.52. The van der Waals surface area contributed by atoms with Gasteiger partial charge in [0.1, 0.15) is 0 Å². The van der Waals surface area contributed by atoms with E-state index in [1.165, 1.54) is 0 Å². The fourth-order valence-corrected chi connectivity index (χ4v) is 7.32. The summed E-state index contributed by atoms with van der Waals surface area (Å²) < 4.78 is 0. The summed E-state index contributed by atoms with van der Waals surface area (Å²) in [5, 5.41) is 22.5. The van der Waals surface area contributed by atoms with Crippen molar-refractivity contribution in [3.8, 4) is 0 Å². The third-order valence-corrected chi connectivity index (χ3v) is 10.1. The molecule has 2 N–H and O–H groups in total. The number of amides is 3. The Balaban J connectivity index is 1.17. The average Bonchev–Trinajstić information content (AvgIpc) is 3.28. The first-order valence-corrected chi connectivity index (χ1v) is 17.0. The molecule has 1 fully saturated rings. The van der Waals surface area contributed by atoms with E-state index in [-0.39, 0.29) is 37.4 Å². The Kier molecular flexibility index (Phi) is 9.82. The predicted octanol–water partition coefficient (Wildman–Crippen LogP) is 5.90. The predicted molar refractivity (Wildman–Crippen MR) is 183 cm³/mol. The summed E-state index contributed by atoms with van der Waals surface area (Å²) in [6, 6.07) is 20.4. The van der Waals surface area contributed by atoms with Gasteiger partial charge in [0.15, 0.2) is 5.60 Å². The van der Waals surface area contributed by atoms with Gasteiger partial charge < -0.3 is 24.9 Å². The quantitative estimate of drug-likeness (QED) is 0.295. The van der Waals surface area contributed by atoms with E-state index in [9.17, 15) is 24.6 Å². The molecule has 9 heteroatoms. The summed E-state index contributed by atoms with van der Waals surface area (Å²) in [7, 11) is 0. The number of hydrogen-bond acceptors (Lipinski definition) is 5. The van der Waals surface area contributed by atoms with Crippen LogP contribution in [0.4, 0.5) is 11.4 Å². The number of carbonyl (C=O) groups is 3. The maximum Gasteiger partial charge on any atom is 0.264 e. The van der Waals surface area contributed by atoms with Crippen molar-refractivity contribution in [3.05, 3.63) is 106 Å². The van der Waals surface area contributed by atoms with Gasteiger partial charge in [-0.3, -0.25) is 14.4 Å². The molecule has 1 saturated heterocycles. The Bertz CT molecular complexity index is 1670. The van der Waals surface area contributed by atoms with Crippen molar-refractivity contribution in [2.24, 2.45) is 5.92 Å². The van der Waals surface area contributed by atoms with Crippen LogP contribution >= 0.6 is 11.6 Å². The summed E-state index contributed by atoms with van der Waals surface area (Å²) in [5.74, 6) is -1.12. The fraction of sp³-hybridized carbons (Fsp3) is 0.395. The molecule has 47 heavy (non-hydrogen) atoms. The number of anilines is 2. The number of rotatable bonds is 8. The van der Waals surface area contributed by atoms with Crippen molar-refractivity contribution in [2.75, 3.05) is 23.0 Å². The van der Waals surface area contributed by atoms with Crippen LogP contribution in [0.2, 0.25) is 5.02 Å². The lowest BCUT2D eigenvalue weighted by atomic mass is 9.83. The van der Waals surface area contributed by atoms with Crippen LogP contribution in [0.5, 0.6) is 0 Å². The summed E-state index contributed by atoms with van der Waals surface area (Å²) in [5.41, 5.74) is 3.05. The van der Waals surface area contributed by atoms with Crippen LogP contribution in [0.25, 0.3) is 0 Å². The van der Waals surface area contributed by atoms with Gasteiger partial charge in [0.2, 0.25) is 11.8 Å². The lowest BCUT2D eigenvalue weighted by Gasteiger charge is -2.36. The molecule has 0 aromatic heterocycles. The Morgan fingerprint density at radius 2 is 1.77 bits per heavy atom. The van der Waals surface area contributed by atoms with Crippen LogP contribution < -0.4 is 9.80 Å². The molecular weight excluding hydrogens is 614 g/mol. The number of carbonyl (C=O) groups excluding carboxylic acids is 3. The summed E-state index contributed by atoms with van der Waals surface area (Å²) in [4.78, 5) is 45.2. The minimum Gasteiger partial charge on any atom is -0.394 e. The first kappa shape index (κ1) is 32.9. The first-order chi connectivity index (χ1) is 22.7. The minimum absolute atomic E-state index is 0.0747. The lowest BCUT2D eigenvalue weighted by molar-refractivity contribution is -0.139. The van der Waals surface area contributed by atoms with E-state index in [1.54, 1.807) is 47.1 Å². The summed E-state index contributed by atoms with van der Waals surface area (Å²) in [6.07, 6.45) is 8.74. The molecule has 0 spiro atoms. The molecule has 0 unspecified atom stereocenters. The monoisotopic (exact) mass is 655 g/mol. The number of aliphatic hydroxyl groups is 2. The van der Waals surface area contributed by atoms with Crippen LogP contribution in [-0.2, 0) is 39.5 Å². The summed E-state index contributed by atoms with van der Waals surface area (Å²) >= 11 is 6.37. The van der Waals surface area contributed by atoms with Gasteiger partial charge in [-0.2, -0.15) is 0 Å². The number of nitrogens with zero attached hydrogens (tertiary/aromatic N) is 3. The van der Waals surface area contributed by atoms with Crippen LogP contribution in [0.3, 0.4) is 0 Å². The zero-order valence-electron chi connectivity index (χ0n) is 26.8. The largest absolute Gasteiger partial charge is 0.394 e. The number of halogens is 1. The standard InChI is InChI=1S/C38H42ClN3O5/c1-26(9-8-13-36(45)41-24-29-11-6-5-10-28(29)21-32(41)25-43)38(47)33-22-30(39)16-19-34(33)42(37(38)46)23-27-14-17-31(18-15-27)40-20-7-3-2-4-12-35(40)44/h5-6,8-11,14-19,22,26,32,43,47H,2-4,7,12-13,20-21,23-25H2,1H3/b9-8+/t26-,32+,38+/m1/s1. The third kappa shape index (κ3) is 6.59. The highest BCUT2D eigenvalue weighted by molar-refractivity contribution is 6.31. The van der Waals surface area contributed by atoms with Gasteiger partial charge in [0.05, 0.1) is 24.9 Å². The van der Waals surface area contributed by atoms with Gasteiger partial charge in [-0.05, 0) is 66.3 Å². The topological polar surface area (TPSA) is 101 Å². The maximum absolute atomic E-state index is 14.1. The van der Waals surface area contributed by atoms with E-state index in [0.717, 1.165) is 48.1 Å². The van der Waals surface area contributed by atoms with E-state index in [4.69, 9.17) is 11.6 Å². The molecule has 8 nitrogen and oxygen atoms in total. The smallest absolute Gasteiger partial charge is 0.264 e. The van der Waals surface area contributed by atoms with Crippen molar-refractivity contribution in [2.45, 2.75) is 76.6 Å². The molecule has 3 aromatic carbocycles. The number of aliphatic hydroxyl groups excluding tert-OH is 1. The van der Waals surface area contributed by atoms with Gasteiger partial charge in [0.25, 0.3) is 5.91 Å². The molecule has 0 bridgehead atoms. The molecule has 0 saturated carbocycles. The van der Waals surface area contributed by atoms with Crippen molar-refractivity contribution < 1.29 is 24.6 Å². The molecule has 3 aromatic rings. The maximum atomic E-state index is 14.1. The number of benzene rings is 3. The second-order valence-corrected chi connectivity index (χ2v) is 13.4. The summed E-state index contributed by atoms with van der Waals surface area (Å²) in [6.45, 7) is 3.01. The van der Waals surface area contributed by atoms with Crippen molar-refractivity contribution >= 4 is 40.7 Å². The molecule has 3 heterocycles. The van der Waals surface area contributed by atoms with E-state index in [1.807, 2.05) is 53.4 Å². The molecule has 3 aliphatic heterocycles. The van der Waals surface area contributed by atoms with Gasteiger partial charge in [-0.25, -0.2) is 0 Å². The first-order valence-electron chi connectivity index (χ1n) is 16.6. The molecule has 0 aliphatic carbocycles. The second-order valence-electron chi connectivity index (χ2n) is 12.9. The highest BCUT2D eigenvalue weighted by atomic mass is 35.5. The lowest BCUT2D eigenvalue weighted by Crippen LogP contribution is -2.46. The van der Waals surface area contributed by atoms with Gasteiger partial charge in [-0.1, -0.05) is 79.9 Å². The van der Waals surface area contributed by atoms with Gasteiger partial charge in [-0.15, -0.1) is 0 Å². The Labute approximate surface area is 281 Å². The Morgan fingerprint density at radius 1 is 1.02 bits per heavy atom. The van der Waals surface area contributed by atoms with Crippen molar-refractivity contribution in [1.82, 2.24) is 4.90 Å². The van der Waals surface area contributed by atoms with Crippen LogP contribution in [0.1, 0.15) is 67.7 Å². The van der Waals surface area contributed by atoms with E-state index in [0.29, 0.717) is 42.2 Å². The van der Waals surface area contributed by atoms with E-state index < -0.39 is 17.4 Å². The molecule has 6 rings (SSSR count). The molecular formula is C38H42ClN3O5. The zero-order chi connectivity index (χ0) is 33.1. The zero-order valence-corrected chi connectivity index (χ0v) is 27.5. The molecule has 3 aliphatic rings. The third-order valence-electron chi connectivity index (χ3n) is 9.91. The van der Waals surface area contributed by atoms with Crippen LogP contribution in [0, 0.1) is 5.92 Å². The highest BCUT2D eigenvalue weighted by Crippen LogP contribution is 2.47. The van der Waals surface area contributed by atoms with Crippen molar-refractivity contribution in [1.29, 1.82) is 0 Å². The molecule has 3 atom stereocenters. The fourth-order valence-electron chi connectivity index (χ4n) is 7.14. The molecule has 0 radical (unpaired) electrons. The van der Waals surface area contributed by atoms with Gasteiger partial charge >= 0.3 is 0 Å². The van der Waals surface area contributed by atoms with Crippen LogP contribution in [-0.4, -0.2) is 52.0 Å². The van der Waals surface area contributed by atoms with Gasteiger partial charge in [0, 0.05) is 48.1 Å². The normalized spacial score (nSPS) is 22.2. The van der Waals surface area contributed by atoms with E-state index >= 15 is 0 Å². The van der Waals surface area contributed by atoms with E-state index in [2.05, 4.69) is 0 Å². The Hall–Kier alpha value is -3.98. The molecule has 3 amide bonds.